The lowest BCUT2D eigenvalue weighted by Gasteiger charge is -2.11. The zero-order valence-electron chi connectivity index (χ0n) is 8.80. The number of ketones is 2. The number of hydrogen-bond donors (Lipinski definition) is 0. The third kappa shape index (κ3) is 3.35. The highest BCUT2D eigenvalue weighted by Crippen LogP contribution is 2.32. The van der Waals surface area contributed by atoms with Crippen LogP contribution in [0, 0.1) is 0 Å². The summed E-state index contributed by atoms with van der Waals surface area (Å²) in [7, 11) is 0. The van der Waals surface area contributed by atoms with Gasteiger partial charge in [-0.05, 0) is 6.07 Å². The van der Waals surface area contributed by atoms with E-state index in [1.807, 2.05) is 0 Å². The van der Waals surface area contributed by atoms with Crippen molar-refractivity contribution in [2.45, 2.75) is 19.0 Å². The highest BCUT2D eigenvalue weighted by atomic mass is 19.4. The summed E-state index contributed by atoms with van der Waals surface area (Å²) in [4.78, 5) is 22.0. The number of halogens is 5. The second kappa shape index (κ2) is 5.24. The van der Waals surface area contributed by atoms with Gasteiger partial charge in [-0.1, -0.05) is 18.2 Å². The number of alkyl halides is 5. The molecule has 0 aromatic heterocycles. The molecular formula is C11H7F5O2. The van der Waals surface area contributed by atoms with Gasteiger partial charge in [-0.25, -0.2) is 8.78 Å². The second-order valence-electron chi connectivity index (χ2n) is 3.41. The summed E-state index contributed by atoms with van der Waals surface area (Å²) in [5.41, 5.74) is -2.02. The Balaban J connectivity index is 3.04. The lowest BCUT2D eigenvalue weighted by Crippen LogP contribution is -2.18. The van der Waals surface area contributed by atoms with Crippen molar-refractivity contribution < 1.29 is 31.5 Å². The van der Waals surface area contributed by atoms with E-state index in [1.165, 1.54) is 0 Å². The molecular weight excluding hydrogens is 259 g/mol. The quantitative estimate of drug-likeness (QED) is 0.476. The maximum Gasteiger partial charge on any atom is 0.417 e. The molecule has 0 aliphatic heterocycles. The average Bonchev–Trinajstić information content (AvgIpc) is 2.27. The molecule has 0 radical (unpaired) electrons. The fourth-order valence-corrected chi connectivity index (χ4v) is 1.30. The van der Waals surface area contributed by atoms with Crippen molar-refractivity contribution in [1.82, 2.24) is 0 Å². The van der Waals surface area contributed by atoms with Crippen LogP contribution in [0.2, 0.25) is 0 Å². The Labute approximate surface area is 98.4 Å². The van der Waals surface area contributed by atoms with Crippen LogP contribution in [0.3, 0.4) is 0 Å². The van der Waals surface area contributed by atoms with Crippen molar-refractivity contribution in [2.75, 3.05) is 0 Å². The molecule has 0 fully saturated rings. The predicted molar refractivity (Wildman–Crippen MR) is 51.4 cm³/mol. The number of benzene rings is 1. The van der Waals surface area contributed by atoms with Crippen molar-refractivity contribution in [3.63, 3.8) is 0 Å². The molecule has 0 aliphatic rings. The summed E-state index contributed by atoms with van der Waals surface area (Å²) >= 11 is 0. The monoisotopic (exact) mass is 266 g/mol. The molecule has 1 aromatic rings. The van der Waals surface area contributed by atoms with E-state index in [9.17, 15) is 31.5 Å². The number of rotatable bonds is 4. The summed E-state index contributed by atoms with van der Waals surface area (Å²) in [5, 5.41) is 0. The van der Waals surface area contributed by atoms with Crippen molar-refractivity contribution in [2.24, 2.45) is 0 Å². The Morgan fingerprint density at radius 1 is 1.11 bits per heavy atom. The number of carbonyl (C=O) groups excluding carboxylic acids is 2. The Morgan fingerprint density at radius 3 is 2.17 bits per heavy atom. The van der Waals surface area contributed by atoms with Gasteiger partial charge < -0.3 is 0 Å². The third-order valence-electron chi connectivity index (χ3n) is 2.11. The first-order valence-corrected chi connectivity index (χ1v) is 4.73. The highest BCUT2D eigenvalue weighted by Gasteiger charge is 2.35. The van der Waals surface area contributed by atoms with E-state index in [0.29, 0.717) is 6.07 Å². The van der Waals surface area contributed by atoms with Crippen molar-refractivity contribution in [3.8, 4) is 0 Å². The van der Waals surface area contributed by atoms with Crippen LogP contribution in [0.4, 0.5) is 22.0 Å². The van der Waals surface area contributed by atoms with Gasteiger partial charge in [0.1, 0.15) is 0 Å². The Bertz CT molecular complexity index is 465. The van der Waals surface area contributed by atoms with Gasteiger partial charge >= 0.3 is 6.18 Å². The molecule has 0 unspecified atom stereocenters. The van der Waals surface area contributed by atoms with Gasteiger partial charge in [0.15, 0.2) is 5.78 Å². The maximum atomic E-state index is 12.5. The smallest absolute Gasteiger partial charge is 0.294 e. The van der Waals surface area contributed by atoms with E-state index in [0.717, 1.165) is 18.2 Å². The third-order valence-corrected chi connectivity index (χ3v) is 2.11. The first-order chi connectivity index (χ1) is 8.23. The lowest BCUT2D eigenvalue weighted by molar-refractivity contribution is -0.138. The molecule has 0 amide bonds. The van der Waals surface area contributed by atoms with Gasteiger partial charge in [0.05, 0.1) is 12.0 Å². The molecule has 2 nitrogen and oxygen atoms in total. The Kier molecular flexibility index (Phi) is 4.15. The summed E-state index contributed by atoms with van der Waals surface area (Å²) in [5.74, 6) is -2.97. The van der Waals surface area contributed by atoms with Crippen LogP contribution in [0.1, 0.15) is 22.3 Å². The van der Waals surface area contributed by atoms with Crippen LogP contribution in [-0.4, -0.2) is 18.0 Å². The van der Waals surface area contributed by atoms with E-state index in [2.05, 4.69) is 0 Å². The Morgan fingerprint density at radius 2 is 1.67 bits per heavy atom. The Hall–Kier alpha value is -1.79. The first-order valence-electron chi connectivity index (χ1n) is 4.73. The van der Waals surface area contributed by atoms with Crippen LogP contribution in [0.25, 0.3) is 0 Å². The fraction of sp³-hybridized carbons (Fsp3) is 0.273. The maximum absolute atomic E-state index is 12.5. The first kappa shape index (κ1) is 14.3. The molecule has 0 aliphatic carbocycles. The van der Waals surface area contributed by atoms with Gasteiger partial charge in [0, 0.05) is 5.56 Å². The average molecular weight is 266 g/mol. The number of carbonyl (C=O) groups is 2. The van der Waals surface area contributed by atoms with E-state index in [-0.39, 0.29) is 0 Å². The van der Waals surface area contributed by atoms with Crippen molar-refractivity contribution in [3.05, 3.63) is 35.4 Å². The summed E-state index contributed by atoms with van der Waals surface area (Å²) < 4.78 is 61.4. The predicted octanol–water partition coefficient (Wildman–Crippen LogP) is 3.11. The van der Waals surface area contributed by atoms with Crippen LogP contribution in [-0.2, 0) is 11.0 Å². The minimum atomic E-state index is -4.78. The zero-order chi connectivity index (χ0) is 13.9. The molecule has 0 spiro atoms. The van der Waals surface area contributed by atoms with E-state index >= 15 is 0 Å². The topological polar surface area (TPSA) is 34.1 Å². The summed E-state index contributed by atoms with van der Waals surface area (Å²) in [6, 6.07) is 3.73. The molecule has 1 rings (SSSR count). The van der Waals surface area contributed by atoms with Gasteiger partial charge in [-0.15, -0.1) is 0 Å². The van der Waals surface area contributed by atoms with Gasteiger partial charge in [0.25, 0.3) is 6.43 Å². The molecule has 0 bridgehead atoms. The standard InChI is InChI=1S/C11H7F5O2/c12-10(13)9(18)5-8(17)6-3-1-2-4-7(6)11(14,15)16/h1-4,10H,5H2. The van der Waals surface area contributed by atoms with Crippen LogP contribution >= 0.6 is 0 Å². The normalized spacial score (nSPS) is 11.7. The molecule has 7 heteroatoms. The molecule has 0 atom stereocenters. The molecule has 98 valence electrons. The van der Waals surface area contributed by atoms with Crippen LogP contribution in [0.5, 0.6) is 0 Å². The molecule has 1 aromatic carbocycles. The SMILES string of the molecule is O=C(CC(=O)C(F)F)c1ccccc1C(F)(F)F. The van der Waals surface area contributed by atoms with Gasteiger partial charge in [0.2, 0.25) is 5.78 Å². The highest BCUT2D eigenvalue weighted by molar-refractivity contribution is 6.09. The minimum Gasteiger partial charge on any atom is -0.294 e. The summed E-state index contributed by atoms with van der Waals surface area (Å²) in [6.07, 6.45) is -9.39. The number of hydrogen-bond acceptors (Lipinski definition) is 2. The molecule has 0 saturated heterocycles. The number of Topliss-reactive ketones (excluding diaryl/α,β-unsaturated/α-hetero) is 2. The van der Waals surface area contributed by atoms with Crippen molar-refractivity contribution in [1.29, 1.82) is 0 Å². The lowest BCUT2D eigenvalue weighted by atomic mass is 10.00. The van der Waals surface area contributed by atoms with Crippen LogP contribution in [0.15, 0.2) is 24.3 Å². The van der Waals surface area contributed by atoms with Crippen molar-refractivity contribution >= 4 is 11.6 Å². The minimum absolute atomic E-state index is 0.653. The summed E-state index contributed by atoms with van der Waals surface area (Å²) in [6.45, 7) is 0. The van der Waals surface area contributed by atoms with Gasteiger partial charge in [-0.2, -0.15) is 13.2 Å². The van der Waals surface area contributed by atoms with E-state index < -0.39 is 41.7 Å². The largest absolute Gasteiger partial charge is 0.417 e. The fourth-order valence-electron chi connectivity index (χ4n) is 1.30. The van der Waals surface area contributed by atoms with Gasteiger partial charge in [-0.3, -0.25) is 9.59 Å². The van der Waals surface area contributed by atoms with Crippen LogP contribution < -0.4 is 0 Å². The second-order valence-corrected chi connectivity index (χ2v) is 3.41. The molecule has 0 N–H and O–H groups in total. The molecule has 0 heterocycles. The molecule has 0 saturated carbocycles. The van der Waals surface area contributed by atoms with E-state index in [1.54, 1.807) is 0 Å². The molecule has 18 heavy (non-hydrogen) atoms. The van der Waals surface area contributed by atoms with E-state index in [4.69, 9.17) is 0 Å². The zero-order valence-corrected chi connectivity index (χ0v) is 8.80.